The molecule has 1 aromatic carbocycles. The van der Waals surface area contributed by atoms with Gasteiger partial charge in [-0.3, -0.25) is 9.59 Å². The molecular formula is C12H13N3O2. The van der Waals surface area contributed by atoms with E-state index in [1.165, 1.54) is 0 Å². The first-order chi connectivity index (χ1) is 8.13. The molecule has 0 spiro atoms. The van der Waals surface area contributed by atoms with Crippen molar-refractivity contribution in [3.8, 4) is 11.8 Å². The number of carbonyl (C=O) groups excluding carboxylic acids is 2. The van der Waals surface area contributed by atoms with Crippen LogP contribution in [0.25, 0.3) is 0 Å². The minimum Gasteiger partial charge on any atom is -0.368 e. The lowest BCUT2D eigenvalue weighted by molar-refractivity contribution is -0.117. The Kier molecular flexibility index (Phi) is 4.73. The molecule has 0 aromatic heterocycles. The van der Waals surface area contributed by atoms with Gasteiger partial charge in [0.25, 0.3) is 5.91 Å². The van der Waals surface area contributed by atoms with E-state index in [9.17, 15) is 9.59 Å². The van der Waals surface area contributed by atoms with Gasteiger partial charge in [-0.2, -0.15) is 0 Å². The average Bonchev–Trinajstić information content (AvgIpc) is 2.33. The van der Waals surface area contributed by atoms with Gasteiger partial charge in [0.05, 0.1) is 13.1 Å². The lowest BCUT2D eigenvalue weighted by atomic mass is 10.1. The van der Waals surface area contributed by atoms with Crippen molar-refractivity contribution < 1.29 is 9.59 Å². The molecule has 88 valence electrons. The number of hydrogen-bond donors (Lipinski definition) is 3. The van der Waals surface area contributed by atoms with Crippen molar-refractivity contribution in [2.45, 2.75) is 0 Å². The predicted octanol–water partition coefficient (Wildman–Crippen LogP) is -0.788. The highest BCUT2D eigenvalue weighted by Gasteiger charge is 2.06. The first kappa shape index (κ1) is 12.7. The van der Waals surface area contributed by atoms with Crippen LogP contribution in [0.2, 0.25) is 0 Å². The quantitative estimate of drug-likeness (QED) is 0.595. The maximum atomic E-state index is 11.6. The summed E-state index contributed by atoms with van der Waals surface area (Å²) in [5.74, 6) is 4.56. The molecule has 0 aliphatic heterocycles. The molecule has 5 nitrogen and oxygen atoms in total. The zero-order valence-corrected chi connectivity index (χ0v) is 9.19. The van der Waals surface area contributed by atoms with Gasteiger partial charge in [-0.25, -0.2) is 0 Å². The van der Waals surface area contributed by atoms with E-state index in [1.54, 1.807) is 24.3 Å². The Balaban J connectivity index is 2.77. The lowest BCUT2D eigenvalue weighted by Gasteiger charge is -2.02. The molecule has 0 aliphatic carbocycles. The van der Waals surface area contributed by atoms with Crippen LogP contribution in [0.1, 0.15) is 15.9 Å². The average molecular weight is 231 g/mol. The van der Waals surface area contributed by atoms with Crippen molar-refractivity contribution in [3.05, 3.63) is 35.4 Å². The van der Waals surface area contributed by atoms with Crippen LogP contribution in [0.15, 0.2) is 24.3 Å². The zero-order valence-electron chi connectivity index (χ0n) is 9.19. The van der Waals surface area contributed by atoms with Crippen molar-refractivity contribution in [1.29, 1.82) is 0 Å². The predicted molar refractivity (Wildman–Crippen MR) is 63.9 cm³/mol. The second kappa shape index (κ2) is 6.30. The van der Waals surface area contributed by atoms with Gasteiger partial charge in [0.15, 0.2) is 0 Å². The Bertz CT molecular complexity index is 486. The minimum absolute atomic E-state index is 0.183. The van der Waals surface area contributed by atoms with Gasteiger partial charge in [-0.15, -0.1) is 0 Å². The third-order valence-electron chi connectivity index (χ3n) is 1.88. The Morgan fingerprint density at radius 1 is 1.35 bits per heavy atom. The van der Waals surface area contributed by atoms with Crippen molar-refractivity contribution in [2.24, 2.45) is 11.5 Å². The van der Waals surface area contributed by atoms with Crippen LogP contribution < -0.4 is 16.8 Å². The van der Waals surface area contributed by atoms with E-state index in [-0.39, 0.29) is 19.0 Å². The molecular weight excluding hydrogens is 218 g/mol. The summed E-state index contributed by atoms with van der Waals surface area (Å²) in [5.41, 5.74) is 11.3. The summed E-state index contributed by atoms with van der Waals surface area (Å²) in [6.45, 7) is 0.0790. The zero-order chi connectivity index (χ0) is 12.7. The molecule has 0 bridgehead atoms. The highest BCUT2D eigenvalue weighted by atomic mass is 16.2. The molecule has 0 fully saturated rings. The Morgan fingerprint density at radius 2 is 2.12 bits per heavy atom. The van der Waals surface area contributed by atoms with Gasteiger partial charge >= 0.3 is 0 Å². The molecule has 0 saturated heterocycles. The topological polar surface area (TPSA) is 98.2 Å². The van der Waals surface area contributed by atoms with Gasteiger partial charge in [0.2, 0.25) is 5.91 Å². The highest BCUT2D eigenvalue weighted by Crippen LogP contribution is 2.03. The van der Waals surface area contributed by atoms with Gasteiger partial charge < -0.3 is 16.8 Å². The number of nitrogens with two attached hydrogens (primary N) is 2. The van der Waals surface area contributed by atoms with Crippen LogP contribution in [0.3, 0.4) is 0 Å². The van der Waals surface area contributed by atoms with Gasteiger partial charge in [0, 0.05) is 11.1 Å². The third kappa shape index (κ3) is 4.36. The number of hydrogen-bond acceptors (Lipinski definition) is 3. The van der Waals surface area contributed by atoms with Crippen LogP contribution in [-0.2, 0) is 4.79 Å². The minimum atomic E-state index is -0.586. The Hall–Kier alpha value is -2.32. The first-order valence-electron chi connectivity index (χ1n) is 4.99. The SMILES string of the molecule is NCC#Cc1cccc(C(=O)NCC(N)=O)c1. The van der Waals surface area contributed by atoms with Crippen molar-refractivity contribution >= 4 is 11.8 Å². The van der Waals surface area contributed by atoms with Crippen LogP contribution in [-0.4, -0.2) is 24.9 Å². The summed E-state index contributed by atoms with van der Waals surface area (Å²) in [6.07, 6.45) is 0. The first-order valence-corrected chi connectivity index (χ1v) is 4.99. The molecule has 1 rings (SSSR count). The van der Waals surface area contributed by atoms with Crippen LogP contribution in [0.5, 0.6) is 0 Å². The monoisotopic (exact) mass is 231 g/mol. The smallest absolute Gasteiger partial charge is 0.251 e. The molecule has 17 heavy (non-hydrogen) atoms. The van der Waals surface area contributed by atoms with Crippen molar-refractivity contribution in [1.82, 2.24) is 5.32 Å². The number of carbonyl (C=O) groups is 2. The summed E-state index contributed by atoms with van der Waals surface area (Å²) < 4.78 is 0. The fraction of sp³-hybridized carbons (Fsp3) is 0.167. The fourth-order valence-electron chi connectivity index (χ4n) is 1.16. The van der Waals surface area contributed by atoms with E-state index in [1.807, 2.05) is 0 Å². The van der Waals surface area contributed by atoms with E-state index in [0.717, 1.165) is 0 Å². The number of primary amides is 1. The largest absolute Gasteiger partial charge is 0.368 e. The normalized spacial score (nSPS) is 9.00. The number of amides is 2. The number of benzene rings is 1. The molecule has 0 unspecified atom stereocenters. The Morgan fingerprint density at radius 3 is 2.76 bits per heavy atom. The van der Waals surface area contributed by atoms with Gasteiger partial charge in [0.1, 0.15) is 0 Å². The van der Waals surface area contributed by atoms with E-state index in [0.29, 0.717) is 11.1 Å². The second-order valence-electron chi connectivity index (χ2n) is 3.24. The summed E-state index contributed by atoms with van der Waals surface area (Å²) >= 11 is 0. The van der Waals surface area contributed by atoms with Crippen molar-refractivity contribution in [3.63, 3.8) is 0 Å². The molecule has 0 heterocycles. The summed E-state index contributed by atoms with van der Waals surface area (Å²) in [7, 11) is 0. The molecule has 5 heteroatoms. The second-order valence-corrected chi connectivity index (χ2v) is 3.24. The molecule has 0 radical (unpaired) electrons. The van der Waals surface area contributed by atoms with Crippen LogP contribution in [0.4, 0.5) is 0 Å². The number of nitrogens with one attached hydrogen (secondary N) is 1. The number of rotatable bonds is 3. The van der Waals surface area contributed by atoms with E-state index >= 15 is 0 Å². The fourth-order valence-corrected chi connectivity index (χ4v) is 1.16. The molecule has 5 N–H and O–H groups in total. The summed E-state index contributed by atoms with van der Waals surface area (Å²) in [5, 5.41) is 2.40. The molecule has 1 aromatic rings. The standard InChI is InChI=1S/C12H13N3O2/c13-6-2-4-9-3-1-5-10(7-9)12(17)15-8-11(14)16/h1,3,5,7H,6,8,13H2,(H2,14,16)(H,15,17). The molecule has 0 atom stereocenters. The van der Waals surface area contributed by atoms with Gasteiger partial charge in [-0.05, 0) is 18.2 Å². The molecule has 0 saturated carbocycles. The Labute approximate surface area is 99.2 Å². The van der Waals surface area contributed by atoms with Crippen molar-refractivity contribution in [2.75, 3.05) is 13.1 Å². The van der Waals surface area contributed by atoms with E-state index in [2.05, 4.69) is 17.2 Å². The third-order valence-corrected chi connectivity index (χ3v) is 1.88. The van der Waals surface area contributed by atoms with Crippen LogP contribution in [0, 0.1) is 11.8 Å². The molecule has 2 amide bonds. The van der Waals surface area contributed by atoms with Crippen LogP contribution >= 0.6 is 0 Å². The van der Waals surface area contributed by atoms with Gasteiger partial charge in [-0.1, -0.05) is 17.9 Å². The maximum absolute atomic E-state index is 11.6. The molecule has 0 aliphatic rings. The van der Waals surface area contributed by atoms with E-state index < -0.39 is 5.91 Å². The maximum Gasteiger partial charge on any atom is 0.251 e. The summed E-state index contributed by atoms with van der Waals surface area (Å²) in [4.78, 5) is 22.1. The summed E-state index contributed by atoms with van der Waals surface area (Å²) in [6, 6.07) is 6.73. The lowest BCUT2D eigenvalue weighted by Crippen LogP contribution is -2.33. The van der Waals surface area contributed by atoms with E-state index in [4.69, 9.17) is 11.5 Å². The highest BCUT2D eigenvalue weighted by molar-refractivity contribution is 5.96.